The van der Waals surface area contributed by atoms with Crippen LogP contribution in [0.3, 0.4) is 0 Å². The number of ether oxygens (including phenoxy) is 2. The fourth-order valence-electron chi connectivity index (χ4n) is 4.79. The van der Waals surface area contributed by atoms with E-state index in [0.29, 0.717) is 18.0 Å². The first kappa shape index (κ1) is 25.4. The number of hydrogen-bond acceptors (Lipinski definition) is 8. The molecule has 5 rings (SSSR count). The predicted octanol–water partition coefficient (Wildman–Crippen LogP) is 3.93. The molecule has 2 saturated heterocycles. The molecule has 1 aromatic rings. The van der Waals surface area contributed by atoms with Gasteiger partial charge >= 0.3 is 0 Å². The zero-order valence-corrected chi connectivity index (χ0v) is 22.2. The molecule has 1 aromatic heterocycles. The third-order valence-electron chi connectivity index (χ3n) is 6.93. The SMILES string of the molecule is O=S(=O)(c1cnccc1SCCN1CCN(C2=COC(C3=CC=CCC3)=CO2)CC1)N1CCCCC1. The highest BCUT2D eigenvalue weighted by Gasteiger charge is 2.29. The second-order valence-electron chi connectivity index (χ2n) is 9.30. The van der Waals surface area contributed by atoms with Crippen LogP contribution in [0.2, 0.25) is 0 Å². The van der Waals surface area contributed by atoms with Crippen molar-refractivity contribution in [2.75, 3.05) is 51.6 Å². The summed E-state index contributed by atoms with van der Waals surface area (Å²) >= 11 is 1.60. The molecule has 4 heterocycles. The van der Waals surface area contributed by atoms with Gasteiger partial charge in [0.1, 0.15) is 11.2 Å². The van der Waals surface area contributed by atoms with Gasteiger partial charge in [0, 0.05) is 68.9 Å². The van der Waals surface area contributed by atoms with E-state index in [-0.39, 0.29) is 0 Å². The summed E-state index contributed by atoms with van der Waals surface area (Å²) in [5, 5.41) is 0. The molecule has 4 aliphatic rings. The fraction of sp³-hybridized carbons (Fsp3) is 0.500. The second-order valence-corrected chi connectivity index (χ2v) is 12.3. The van der Waals surface area contributed by atoms with E-state index in [1.54, 1.807) is 34.8 Å². The number of sulfonamides is 1. The first-order valence-electron chi connectivity index (χ1n) is 12.8. The number of nitrogens with zero attached hydrogens (tertiary/aromatic N) is 4. The number of aromatic nitrogens is 1. The number of thioether (sulfide) groups is 1. The molecule has 2 fully saturated rings. The molecule has 0 bridgehead atoms. The number of pyridine rings is 1. The quantitative estimate of drug-likeness (QED) is 0.468. The third-order valence-corrected chi connectivity index (χ3v) is 10.0. The van der Waals surface area contributed by atoms with Crippen LogP contribution in [0.25, 0.3) is 0 Å². The van der Waals surface area contributed by atoms with E-state index in [2.05, 4.69) is 33.0 Å². The first-order chi connectivity index (χ1) is 17.6. The minimum Gasteiger partial charge on any atom is -0.456 e. The minimum atomic E-state index is -3.49. The molecule has 10 heteroatoms. The van der Waals surface area contributed by atoms with Crippen LogP contribution in [0.15, 0.2) is 76.2 Å². The van der Waals surface area contributed by atoms with Gasteiger partial charge in [-0.2, -0.15) is 4.31 Å². The van der Waals surface area contributed by atoms with Crippen molar-refractivity contribution in [3.8, 4) is 0 Å². The zero-order chi connectivity index (χ0) is 24.8. The fourth-order valence-corrected chi connectivity index (χ4v) is 7.74. The van der Waals surface area contributed by atoms with Gasteiger partial charge in [0.2, 0.25) is 15.9 Å². The Morgan fingerprint density at radius 3 is 2.56 bits per heavy atom. The lowest BCUT2D eigenvalue weighted by Gasteiger charge is -2.36. The Labute approximate surface area is 218 Å². The van der Waals surface area contributed by atoms with Crippen LogP contribution < -0.4 is 0 Å². The molecular weight excluding hydrogens is 496 g/mol. The molecule has 194 valence electrons. The smallest absolute Gasteiger partial charge is 0.245 e. The van der Waals surface area contributed by atoms with E-state index in [1.165, 1.54) is 6.20 Å². The lowest BCUT2D eigenvalue weighted by atomic mass is 10.0. The van der Waals surface area contributed by atoms with Gasteiger partial charge in [0.25, 0.3) is 0 Å². The Morgan fingerprint density at radius 1 is 1.00 bits per heavy atom. The van der Waals surface area contributed by atoms with E-state index in [9.17, 15) is 8.42 Å². The van der Waals surface area contributed by atoms with Crippen molar-refractivity contribution in [1.29, 1.82) is 0 Å². The molecule has 1 aliphatic carbocycles. The van der Waals surface area contributed by atoms with E-state index >= 15 is 0 Å². The molecule has 0 atom stereocenters. The summed E-state index contributed by atoms with van der Waals surface area (Å²) in [6.45, 7) is 5.65. The van der Waals surface area contributed by atoms with E-state index in [0.717, 1.165) is 92.7 Å². The topological polar surface area (TPSA) is 75.2 Å². The van der Waals surface area contributed by atoms with Crippen molar-refractivity contribution >= 4 is 21.8 Å². The maximum atomic E-state index is 13.2. The third kappa shape index (κ3) is 5.99. The van der Waals surface area contributed by atoms with Crippen LogP contribution in [0.5, 0.6) is 0 Å². The summed E-state index contributed by atoms with van der Waals surface area (Å²) in [5.41, 5.74) is 1.16. The summed E-state index contributed by atoms with van der Waals surface area (Å²) < 4.78 is 39.8. The standard InChI is InChI=1S/C26H34N4O4S2/c31-36(32,30-11-5-2-6-12-30)25-19-27-10-9-24(25)35-18-17-28-13-15-29(16-14-28)26-21-33-23(20-34-26)22-7-3-1-4-8-22/h1,3,7,9-10,19-21H,2,4-6,8,11-18H2. The molecule has 8 nitrogen and oxygen atoms in total. The predicted molar refractivity (Wildman–Crippen MR) is 140 cm³/mol. The highest BCUT2D eigenvalue weighted by Crippen LogP contribution is 2.30. The van der Waals surface area contributed by atoms with Crippen molar-refractivity contribution in [2.45, 2.75) is 41.9 Å². The molecule has 0 aromatic carbocycles. The van der Waals surface area contributed by atoms with Gasteiger partial charge in [-0.05, 0) is 37.3 Å². The van der Waals surface area contributed by atoms with Gasteiger partial charge in [-0.1, -0.05) is 24.6 Å². The lowest BCUT2D eigenvalue weighted by Crippen LogP contribution is -2.46. The van der Waals surface area contributed by atoms with Crippen LogP contribution in [-0.4, -0.2) is 79.1 Å². The monoisotopic (exact) mass is 530 g/mol. The molecule has 0 amide bonds. The van der Waals surface area contributed by atoms with Gasteiger partial charge in [0.05, 0.1) is 0 Å². The second kappa shape index (κ2) is 11.9. The van der Waals surface area contributed by atoms with Crippen molar-refractivity contribution in [3.63, 3.8) is 0 Å². The van der Waals surface area contributed by atoms with E-state index < -0.39 is 10.0 Å². The van der Waals surface area contributed by atoms with Crippen LogP contribution in [0, 0.1) is 0 Å². The van der Waals surface area contributed by atoms with Gasteiger partial charge in [-0.3, -0.25) is 9.88 Å². The summed E-state index contributed by atoms with van der Waals surface area (Å²) in [7, 11) is -3.49. The van der Waals surface area contributed by atoms with Crippen molar-refractivity contribution in [2.24, 2.45) is 0 Å². The number of allylic oxidation sites excluding steroid dienone is 4. The maximum Gasteiger partial charge on any atom is 0.245 e. The average molecular weight is 531 g/mol. The van der Waals surface area contributed by atoms with E-state index in [1.807, 2.05) is 6.07 Å². The molecular formula is C26H34N4O4S2. The Morgan fingerprint density at radius 2 is 1.83 bits per heavy atom. The van der Waals surface area contributed by atoms with Gasteiger partial charge in [-0.25, -0.2) is 8.42 Å². The van der Waals surface area contributed by atoms with Gasteiger partial charge in [-0.15, -0.1) is 11.8 Å². The van der Waals surface area contributed by atoms with Gasteiger partial charge in [0.15, 0.2) is 12.0 Å². The van der Waals surface area contributed by atoms with Crippen molar-refractivity contribution in [1.82, 2.24) is 19.1 Å². The van der Waals surface area contributed by atoms with Crippen LogP contribution in [0.4, 0.5) is 0 Å². The number of hydrogen-bond donors (Lipinski definition) is 0. The highest BCUT2D eigenvalue weighted by atomic mass is 32.2. The van der Waals surface area contributed by atoms with Crippen LogP contribution in [-0.2, 0) is 19.5 Å². The first-order valence-corrected chi connectivity index (χ1v) is 15.2. The van der Waals surface area contributed by atoms with Crippen molar-refractivity contribution in [3.05, 3.63) is 66.4 Å². The molecule has 0 N–H and O–H groups in total. The van der Waals surface area contributed by atoms with Gasteiger partial charge < -0.3 is 14.4 Å². The van der Waals surface area contributed by atoms with Crippen LogP contribution >= 0.6 is 11.8 Å². The molecule has 36 heavy (non-hydrogen) atoms. The van der Waals surface area contributed by atoms with Crippen molar-refractivity contribution < 1.29 is 17.9 Å². The number of piperidine rings is 1. The normalized spacial score (nSPS) is 21.8. The highest BCUT2D eigenvalue weighted by molar-refractivity contribution is 8.00. The summed E-state index contributed by atoms with van der Waals surface area (Å²) in [6.07, 6.45) is 17.8. The number of piperazine rings is 1. The van der Waals surface area contributed by atoms with Crippen LogP contribution in [0.1, 0.15) is 32.1 Å². The molecule has 0 radical (unpaired) electrons. The largest absolute Gasteiger partial charge is 0.456 e. The molecule has 3 aliphatic heterocycles. The lowest BCUT2D eigenvalue weighted by molar-refractivity contribution is 0.0872. The Balaban J connectivity index is 1.09. The summed E-state index contributed by atoms with van der Waals surface area (Å²) in [6, 6.07) is 1.83. The Kier molecular flexibility index (Phi) is 8.36. The Bertz CT molecular complexity index is 1150. The Hall–Kier alpha value is -2.27. The number of rotatable bonds is 8. The van der Waals surface area contributed by atoms with E-state index in [4.69, 9.17) is 9.47 Å². The minimum absolute atomic E-state index is 0.343. The molecule has 0 spiro atoms. The zero-order valence-electron chi connectivity index (χ0n) is 20.5. The summed E-state index contributed by atoms with van der Waals surface area (Å²) in [5.74, 6) is 2.37. The molecule has 0 unspecified atom stereocenters. The maximum absolute atomic E-state index is 13.2. The molecule has 0 saturated carbocycles. The average Bonchev–Trinajstić information content (AvgIpc) is 2.95. The summed E-state index contributed by atoms with van der Waals surface area (Å²) in [4.78, 5) is 9.87.